The Bertz CT molecular complexity index is 424. The summed E-state index contributed by atoms with van der Waals surface area (Å²) in [6.07, 6.45) is 3.13. The van der Waals surface area contributed by atoms with Gasteiger partial charge in [0.1, 0.15) is 5.76 Å². The molecule has 0 bridgehead atoms. The van der Waals surface area contributed by atoms with E-state index in [1.165, 1.54) is 0 Å². The van der Waals surface area contributed by atoms with Crippen LogP contribution in [0.3, 0.4) is 0 Å². The molecule has 19 heavy (non-hydrogen) atoms. The first-order valence-electron chi connectivity index (χ1n) is 6.36. The standard InChI is InChI=1S/C12H21N3O3S/c1-4-10-9(11(5-2)18-15-10)8-14-12(16)13-6-7-19(3)17/h4-8H2,1-3H3,(H2,13,14,16). The van der Waals surface area contributed by atoms with Crippen LogP contribution in [0.1, 0.15) is 30.9 Å². The Kier molecular flexibility index (Phi) is 6.55. The molecular formula is C12H21N3O3S. The Balaban J connectivity index is 2.45. The lowest BCUT2D eigenvalue weighted by Gasteiger charge is -2.07. The quantitative estimate of drug-likeness (QED) is 0.783. The topological polar surface area (TPSA) is 84.2 Å². The summed E-state index contributed by atoms with van der Waals surface area (Å²) in [4.78, 5) is 11.5. The number of hydrogen-bond donors (Lipinski definition) is 2. The minimum Gasteiger partial charge on any atom is -0.361 e. The Morgan fingerprint density at radius 2 is 2.05 bits per heavy atom. The molecule has 0 spiro atoms. The second-order valence-corrected chi connectivity index (χ2v) is 5.68. The van der Waals surface area contributed by atoms with Crippen molar-refractivity contribution in [2.24, 2.45) is 0 Å². The number of hydrogen-bond acceptors (Lipinski definition) is 4. The normalized spacial score (nSPS) is 12.2. The Morgan fingerprint density at radius 3 is 2.63 bits per heavy atom. The largest absolute Gasteiger partial charge is 0.361 e. The number of carbonyl (C=O) groups excluding carboxylic acids is 1. The second-order valence-electron chi connectivity index (χ2n) is 4.12. The minimum atomic E-state index is -0.893. The third-order valence-electron chi connectivity index (χ3n) is 2.71. The molecule has 7 heteroatoms. The highest BCUT2D eigenvalue weighted by atomic mass is 32.2. The zero-order valence-electron chi connectivity index (χ0n) is 11.6. The molecule has 1 unspecified atom stereocenters. The van der Waals surface area contributed by atoms with E-state index < -0.39 is 10.8 Å². The van der Waals surface area contributed by atoms with Gasteiger partial charge in [-0.1, -0.05) is 19.0 Å². The molecule has 0 aliphatic heterocycles. The van der Waals surface area contributed by atoms with Crippen molar-refractivity contribution >= 4 is 16.8 Å². The molecular weight excluding hydrogens is 266 g/mol. The van der Waals surface area contributed by atoms with Crippen LogP contribution in [0.25, 0.3) is 0 Å². The van der Waals surface area contributed by atoms with Gasteiger partial charge in [-0.05, 0) is 6.42 Å². The van der Waals surface area contributed by atoms with Crippen molar-refractivity contribution in [3.05, 3.63) is 17.0 Å². The van der Waals surface area contributed by atoms with E-state index in [1.807, 2.05) is 13.8 Å². The van der Waals surface area contributed by atoms with Gasteiger partial charge >= 0.3 is 6.03 Å². The average Bonchev–Trinajstić information content (AvgIpc) is 2.77. The lowest BCUT2D eigenvalue weighted by molar-refractivity contribution is 0.241. The van der Waals surface area contributed by atoms with Crippen molar-refractivity contribution in [1.29, 1.82) is 0 Å². The first kappa shape index (κ1) is 15.7. The lowest BCUT2D eigenvalue weighted by Crippen LogP contribution is -2.37. The highest BCUT2D eigenvalue weighted by Crippen LogP contribution is 2.15. The summed E-state index contributed by atoms with van der Waals surface area (Å²) in [5.74, 6) is 1.27. The van der Waals surface area contributed by atoms with Gasteiger partial charge in [0.15, 0.2) is 0 Å². The van der Waals surface area contributed by atoms with Crippen LogP contribution in [0.4, 0.5) is 4.79 Å². The van der Waals surface area contributed by atoms with Crippen molar-refractivity contribution in [1.82, 2.24) is 15.8 Å². The van der Waals surface area contributed by atoms with Gasteiger partial charge in [0.05, 0.1) is 5.69 Å². The number of urea groups is 1. The van der Waals surface area contributed by atoms with E-state index in [0.717, 1.165) is 29.9 Å². The number of amides is 2. The van der Waals surface area contributed by atoms with Crippen LogP contribution in [-0.2, 0) is 30.2 Å². The maximum absolute atomic E-state index is 11.5. The summed E-state index contributed by atoms with van der Waals surface area (Å²) < 4.78 is 16.1. The van der Waals surface area contributed by atoms with Crippen molar-refractivity contribution < 1.29 is 13.5 Å². The van der Waals surface area contributed by atoms with E-state index >= 15 is 0 Å². The fourth-order valence-electron chi connectivity index (χ4n) is 1.68. The average molecular weight is 287 g/mol. The van der Waals surface area contributed by atoms with Gasteiger partial charge in [-0.25, -0.2) is 4.79 Å². The van der Waals surface area contributed by atoms with Crippen molar-refractivity contribution in [2.75, 3.05) is 18.6 Å². The molecule has 0 saturated heterocycles. The maximum Gasteiger partial charge on any atom is 0.315 e. The van der Waals surface area contributed by atoms with Crippen LogP contribution in [0.2, 0.25) is 0 Å². The first-order chi connectivity index (χ1) is 9.08. The van der Waals surface area contributed by atoms with Crippen LogP contribution in [0.5, 0.6) is 0 Å². The molecule has 2 amide bonds. The van der Waals surface area contributed by atoms with Crippen LogP contribution in [-0.4, -0.2) is 34.0 Å². The fraction of sp³-hybridized carbons (Fsp3) is 0.667. The maximum atomic E-state index is 11.5. The molecule has 0 fully saturated rings. The molecule has 1 atom stereocenters. The lowest BCUT2D eigenvalue weighted by atomic mass is 10.1. The third kappa shape index (κ3) is 5.02. The molecule has 1 heterocycles. The number of aryl methyl sites for hydroxylation is 2. The summed E-state index contributed by atoms with van der Waals surface area (Å²) in [5, 5.41) is 9.40. The SMILES string of the molecule is CCc1noc(CC)c1CNC(=O)NCCS(C)=O. The van der Waals surface area contributed by atoms with E-state index in [-0.39, 0.29) is 6.03 Å². The van der Waals surface area contributed by atoms with Gasteiger partial charge in [0, 0.05) is 47.9 Å². The van der Waals surface area contributed by atoms with Gasteiger partial charge in [0.25, 0.3) is 0 Å². The van der Waals surface area contributed by atoms with Crippen molar-refractivity contribution in [3.63, 3.8) is 0 Å². The summed E-state index contributed by atoms with van der Waals surface area (Å²) in [7, 11) is -0.893. The summed E-state index contributed by atoms with van der Waals surface area (Å²) >= 11 is 0. The molecule has 1 aromatic heterocycles. The molecule has 0 aromatic carbocycles. The Labute approximate surface area is 115 Å². The Hall–Kier alpha value is -1.37. The minimum absolute atomic E-state index is 0.268. The van der Waals surface area contributed by atoms with E-state index in [4.69, 9.17) is 4.52 Å². The number of nitrogens with one attached hydrogen (secondary N) is 2. The number of aromatic nitrogens is 1. The molecule has 1 rings (SSSR count). The number of nitrogens with zero attached hydrogens (tertiary/aromatic N) is 1. The van der Waals surface area contributed by atoms with Gasteiger partial charge in [-0.2, -0.15) is 0 Å². The van der Waals surface area contributed by atoms with Gasteiger partial charge in [-0.15, -0.1) is 0 Å². The summed E-state index contributed by atoms with van der Waals surface area (Å²) in [6.45, 7) is 4.79. The van der Waals surface area contributed by atoms with Crippen molar-refractivity contribution in [2.45, 2.75) is 33.2 Å². The molecule has 2 N–H and O–H groups in total. The molecule has 0 aliphatic carbocycles. The predicted octanol–water partition coefficient (Wildman–Crippen LogP) is 0.977. The smallest absolute Gasteiger partial charge is 0.315 e. The zero-order valence-corrected chi connectivity index (χ0v) is 12.4. The molecule has 1 aromatic rings. The van der Waals surface area contributed by atoms with Gasteiger partial charge in [0.2, 0.25) is 0 Å². The Morgan fingerprint density at radius 1 is 1.32 bits per heavy atom. The van der Waals surface area contributed by atoms with E-state index in [9.17, 15) is 9.00 Å². The van der Waals surface area contributed by atoms with Crippen LogP contribution >= 0.6 is 0 Å². The highest BCUT2D eigenvalue weighted by molar-refractivity contribution is 7.84. The van der Waals surface area contributed by atoms with Gasteiger partial charge in [-0.3, -0.25) is 4.21 Å². The summed E-state index contributed by atoms with van der Waals surface area (Å²) in [6, 6.07) is -0.268. The second kappa shape index (κ2) is 7.93. The summed E-state index contributed by atoms with van der Waals surface area (Å²) in [5.41, 5.74) is 1.84. The fourth-order valence-corrected chi connectivity index (χ4v) is 2.07. The van der Waals surface area contributed by atoms with Gasteiger partial charge < -0.3 is 15.2 Å². The van der Waals surface area contributed by atoms with Crippen LogP contribution in [0, 0.1) is 0 Å². The van der Waals surface area contributed by atoms with E-state index in [0.29, 0.717) is 18.8 Å². The van der Waals surface area contributed by atoms with Crippen molar-refractivity contribution in [3.8, 4) is 0 Å². The zero-order chi connectivity index (χ0) is 14.3. The van der Waals surface area contributed by atoms with E-state index in [1.54, 1.807) is 6.26 Å². The molecule has 108 valence electrons. The third-order valence-corrected chi connectivity index (χ3v) is 3.49. The molecule has 0 radical (unpaired) electrons. The number of carbonyl (C=O) groups is 1. The molecule has 0 aliphatic rings. The van der Waals surface area contributed by atoms with Crippen LogP contribution in [0.15, 0.2) is 4.52 Å². The number of rotatable bonds is 7. The molecule has 0 saturated carbocycles. The van der Waals surface area contributed by atoms with E-state index in [2.05, 4.69) is 15.8 Å². The molecule has 6 nitrogen and oxygen atoms in total. The van der Waals surface area contributed by atoms with Crippen LogP contribution < -0.4 is 10.6 Å². The highest BCUT2D eigenvalue weighted by Gasteiger charge is 2.13. The first-order valence-corrected chi connectivity index (χ1v) is 8.09. The monoisotopic (exact) mass is 287 g/mol. The predicted molar refractivity (Wildman–Crippen MR) is 74.4 cm³/mol.